The van der Waals surface area contributed by atoms with Crippen LogP contribution in [0.3, 0.4) is 0 Å². The summed E-state index contributed by atoms with van der Waals surface area (Å²) in [6.07, 6.45) is 2.01. The van der Waals surface area contributed by atoms with Gasteiger partial charge in [0.2, 0.25) is 0 Å². The number of benzene rings is 1. The van der Waals surface area contributed by atoms with E-state index in [0.717, 1.165) is 25.0 Å². The molecule has 1 aliphatic heterocycles. The fraction of sp³-hybridized carbons (Fsp3) is 0.389. The molecule has 1 saturated heterocycles. The molecule has 1 amide bonds. The van der Waals surface area contributed by atoms with Gasteiger partial charge in [0.05, 0.1) is 5.69 Å². The number of hydrogen-bond acceptors (Lipinski definition) is 4. The molecule has 0 radical (unpaired) electrons. The molecular weight excluding hydrogens is 345 g/mol. The number of carbonyl (C=O) groups is 1. The first kappa shape index (κ1) is 18.2. The van der Waals surface area contributed by atoms with Crippen LogP contribution in [0.2, 0.25) is 0 Å². The average molecular weight is 364 g/mol. The van der Waals surface area contributed by atoms with Gasteiger partial charge in [0.25, 0.3) is 5.91 Å². The molecule has 1 aromatic heterocycles. The van der Waals surface area contributed by atoms with Crippen molar-refractivity contribution in [2.45, 2.75) is 26.7 Å². The van der Waals surface area contributed by atoms with E-state index in [9.17, 15) is 18.0 Å². The largest absolute Gasteiger partial charge is 0.338 e. The predicted octanol–water partition coefficient (Wildman–Crippen LogP) is 3.82. The van der Waals surface area contributed by atoms with Crippen LogP contribution in [0.1, 0.15) is 36.1 Å². The zero-order valence-electron chi connectivity index (χ0n) is 14.5. The van der Waals surface area contributed by atoms with E-state index >= 15 is 0 Å². The number of piperidine rings is 1. The molecule has 1 aliphatic rings. The minimum absolute atomic E-state index is 0.135. The van der Waals surface area contributed by atoms with Crippen molar-refractivity contribution in [3.8, 4) is 0 Å². The quantitative estimate of drug-likeness (QED) is 0.842. The van der Waals surface area contributed by atoms with Crippen molar-refractivity contribution in [3.63, 3.8) is 0 Å². The van der Waals surface area contributed by atoms with E-state index in [4.69, 9.17) is 0 Å². The summed E-state index contributed by atoms with van der Waals surface area (Å²) in [5.41, 5.74) is -0.0934. The smallest absolute Gasteiger partial charge is 0.272 e. The maximum absolute atomic E-state index is 13.8. The average Bonchev–Trinajstić information content (AvgIpc) is 2.61. The minimum Gasteiger partial charge on any atom is -0.338 e. The van der Waals surface area contributed by atoms with Gasteiger partial charge in [0.15, 0.2) is 17.5 Å². The summed E-state index contributed by atoms with van der Waals surface area (Å²) >= 11 is 0. The van der Waals surface area contributed by atoms with E-state index in [2.05, 4.69) is 22.2 Å². The molecule has 1 aromatic carbocycles. The summed E-state index contributed by atoms with van der Waals surface area (Å²) < 4.78 is 40.3. The maximum Gasteiger partial charge on any atom is 0.272 e. The van der Waals surface area contributed by atoms with Crippen molar-refractivity contribution in [1.82, 2.24) is 14.9 Å². The Morgan fingerprint density at radius 2 is 2.00 bits per heavy atom. The molecule has 3 rings (SSSR count). The highest BCUT2D eigenvalue weighted by Crippen LogP contribution is 2.24. The Morgan fingerprint density at radius 1 is 1.23 bits per heavy atom. The normalized spacial score (nSPS) is 17.3. The number of nitrogens with one attached hydrogen (secondary N) is 1. The van der Waals surface area contributed by atoms with Crippen LogP contribution < -0.4 is 5.32 Å². The van der Waals surface area contributed by atoms with Crippen molar-refractivity contribution < 1.29 is 18.0 Å². The van der Waals surface area contributed by atoms with Gasteiger partial charge in [-0.2, -0.15) is 0 Å². The lowest BCUT2D eigenvalue weighted by Crippen LogP contribution is -2.39. The molecule has 1 N–H and O–H groups in total. The van der Waals surface area contributed by atoms with Crippen LogP contribution in [0.25, 0.3) is 0 Å². The molecule has 2 heterocycles. The molecule has 26 heavy (non-hydrogen) atoms. The van der Waals surface area contributed by atoms with Gasteiger partial charge >= 0.3 is 0 Å². The molecule has 0 aliphatic carbocycles. The highest BCUT2D eigenvalue weighted by molar-refractivity contribution is 5.93. The number of anilines is 2. The lowest BCUT2D eigenvalue weighted by atomic mass is 10.00. The second kappa shape index (κ2) is 7.31. The van der Waals surface area contributed by atoms with E-state index in [1.165, 1.54) is 6.07 Å². The van der Waals surface area contributed by atoms with E-state index in [1.54, 1.807) is 11.8 Å². The van der Waals surface area contributed by atoms with Crippen molar-refractivity contribution in [2.24, 2.45) is 5.92 Å². The van der Waals surface area contributed by atoms with Gasteiger partial charge in [0.1, 0.15) is 17.3 Å². The predicted molar refractivity (Wildman–Crippen MR) is 90.7 cm³/mol. The Kier molecular flexibility index (Phi) is 5.11. The first-order chi connectivity index (χ1) is 12.3. The van der Waals surface area contributed by atoms with Crippen LogP contribution in [0.5, 0.6) is 0 Å². The van der Waals surface area contributed by atoms with Gasteiger partial charge in [-0.1, -0.05) is 6.92 Å². The Bertz CT molecular complexity index is 843. The van der Waals surface area contributed by atoms with Crippen molar-refractivity contribution in [3.05, 3.63) is 47.2 Å². The summed E-state index contributed by atoms with van der Waals surface area (Å²) in [4.78, 5) is 22.7. The van der Waals surface area contributed by atoms with Gasteiger partial charge in [-0.3, -0.25) is 4.79 Å². The molecule has 1 atom stereocenters. The SMILES string of the molecule is Cc1nc(Nc2ccc(F)c(F)c2F)cc(C(=O)N2CCCC(C)C2)n1. The monoisotopic (exact) mass is 364 g/mol. The number of nitrogens with zero attached hydrogens (tertiary/aromatic N) is 3. The summed E-state index contributed by atoms with van der Waals surface area (Å²) in [7, 11) is 0. The van der Waals surface area contributed by atoms with Crippen LogP contribution in [-0.4, -0.2) is 33.9 Å². The lowest BCUT2D eigenvalue weighted by Gasteiger charge is -2.30. The second-order valence-electron chi connectivity index (χ2n) is 6.53. The number of aryl methyl sites for hydroxylation is 1. The zero-order valence-corrected chi connectivity index (χ0v) is 14.5. The number of aromatic nitrogens is 2. The molecule has 0 saturated carbocycles. The number of rotatable bonds is 3. The molecule has 138 valence electrons. The molecule has 5 nitrogen and oxygen atoms in total. The number of amides is 1. The Balaban J connectivity index is 1.86. The van der Waals surface area contributed by atoms with E-state index < -0.39 is 17.5 Å². The molecule has 8 heteroatoms. The van der Waals surface area contributed by atoms with Crippen LogP contribution in [-0.2, 0) is 0 Å². The molecule has 0 spiro atoms. The van der Waals surface area contributed by atoms with Crippen LogP contribution in [0.4, 0.5) is 24.7 Å². The highest BCUT2D eigenvalue weighted by Gasteiger charge is 2.24. The third kappa shape index (κ3) is 3.79. The minimum atomic E-state index is -1.57. The molecule has 1 unspecified atom stereocenters. The molecular formula is C18H19F3N4O. The molecule has 2 aromatic rings. The number of carbonyl (C=O) groups excluding carboxylic acids is 1. The van der Waals surface area contributed by atoms with Crippen molar-refractivity contribution in [2.75, 3.05) is 18.4 Å². The lowest BCUT2D eigenvalue weighted by molar-refractivity contribution is 0.0676. The third-order valence-electron chi connectivity index (χ3n) is 4.30. The topological polar surface area (TPSA) is 58.1 Å². The first-order valence-electron chi connectivity index (χ1n) is 8.40. The van der Waals surface area contributed by atoms with Gasteiger partial charge in [-0.25, -0.2) is 23.1 Å². The molecule has 0 bridgehead atoms. The first-order valence-corrected chi connectivity index (χ1v) is 8.40. The van der Waals surface area contributed by atoms with Gasteiger partial charge < -0.3 is 10.2 Å². The second-order valence-corrected chi connectivity index (χ2v) is 6.53. The molecule has 1 fully saturated rings. The fourth-order valence-corrected chi connectivity index (χ4v) is 3.04. The Hall–Kier alpha value is -2.64. The number of hydrogen-bond donors (Lipinski definition) is 1. The number of halogens is 3. The zero-order chi connectivity index (χ0) is 18.8. The van der Waals surface area contributed by atoms with Crippen LogP contribution in [0, 0.1) is 30.3 Å². The number of likely N-dealkylation sites (tertiary alicyclic amines) is 1. The maximum atomic E-state index is 13.8. The fourth-order valence-electron chi connectivity index (χ4n) is 3.04. The standard InChI is InChI=1S/C18H19F3N4O/c1-10-4-3-7-25(9-10)18(26)14-8-15(23-11(2)22-14)24-13-6-5-12(19)16(20)17(13)21/h5-6,8,10H,3-4,7,9H2,1-2H3,(H,22,23,24). The summed E-state index contributed by atoms with van der Waals surface area (Å²) in [6.45, 7) is 5.00. The van der Waals surface area contributed by atoms with Crippen molar-refractivity contribution >= 4 is 17.4 Å². The Morgan fingerprint density at radius 3 is 2.73 bits per heavy atom. The van der Waals surface area contributed by atoms with E-state index in [-0.39, 0.29) is 23.1 Å². The third-order valence-corrected chi connectivity index (χ3v) is 4.30. The van der Waals surface area contributed by atoms with E-state index in [0.29, 0.717) is 24.8 Å². The van der Waals surface area contributed by atoms with Crippen LogP contribution >= 0.6 is 0 Å². The summed E-state index contributed by atoms with van der Waals surface area (Å²) in [5.74, 6) is -3.55. The van der Waals surface area contributed by atoms with Crippen molar-refractivity contribution in [1.29, 1.82) is 0 Å². The van der Waals surface area contributed by atoms with E-state index in [1.807, 2.05) is 0 Å². The van der Waals surface area contributed by atoms with Gasteiger partial charge in [0, 0.05) is 19.2 Å². The Labute approximate surface area is 149 Å². The summed E-state index contributed by atoms with van der Waals surface area (Å²) in [6, 6.07) is 3.27. The van der Waals surface area contributed by atoms with Gasteiger partial charge in [-0.15, -0.1) is 0 Å². The van der Waals surface area contributed by atoms with Gasteiger partial charge in [-0.05, 0) is 37.8 Å². The highest BCUT2D eigenvalue weighted by atomic mass is 19.2. The van der Waals surface area contributed by atoms with Crippen LogP contribution in [0.15, 0.2) is 18.2 Å². The summed E-state index contributed by atoms with van der Waals surface area (Å²) in [5, 5.41) is 2.58.